The molecule has 0 unspecified atom stereocenters. The molecule has 0 spiro atoms. The van der Waals surface area contributed by atoms with Gasteiger partial charge >= 0.3 is 5.97 Å². The Morgan fingerprint density at radius 2 is 1.36 bits per heavy atom. The number of nitrogens with zero attached hydrogens (tertiary/aromatic N) is 2. The van der Waals surface area contributed by atoms with Crippen molar-refractivity contribution in [2.24, 2.45) is 0 Å². The lowest BCUT2D eigenvalue weighted by atomic mass is 10.0. The van der Waals surface area contributed by atoms with E-state index in [4.69, 9.17) is 9.52 Å². The molecular weight excluding hydrogens is 352 g/mol. The van der Waals surface area contributed by atoms with Crippen molar-refractivity contribution in [3.05, 3.63) is 66.4 Å². The van der Waals surface area contributed by atoms with E-state index < -0.39 is 5.97 Å². The van der Waals surface area contributed by atoms with Gasteiger partial charge in [0, 0.05) is 56.8 Å². The van der Waals surface area contributed by atoms with Crippen LogP contribution in [0.2, 0.25) is 0 Å². The maximum atomic E-state index is 10.9. The Hall–Kier alpha value is -3.47. The highest BCUT2D eigenvalue weighted by Gasteiger charge is 2.15. The number of hydrogen-bond acceptors (Lipinski definition) is 4. The summed E-state index contributed by atoms with van der Waals surface area (Å²) in [4.78, 5) is 14.9. The molecular formula is C23H24N2O3. The molecule has 3 aromatic rings. The molecule has 0 aliphatic heterocycles. The lowest BCUT2D eigenvalue weighted by molar-refractivity contribution is -0.131. The molecule has 144 valence electrons. The van der Waals surface area contributed by atoms with Gasteiger partial charge in [0.25, 0.3) is 0 Å². The number of carbonyl (C=O) groups is 1. The summed E-state index contributed by atoms with van der Waals surface area (Å²) in [6.07, 6.45) is 2.55. The van der Waals surface area contributed by atoms with Crippen LogP contribution in [-0.4, -0.2) is 39.3 Å². The Morgan fingerprint density at radius 3 is 1.82 bits per heavy atom. The predicted molar refractivity (Wildman–Crippen MR) is 115 cm³/mol. The largest absolute Gasteiger partial charge is 0.478 e. The Bertz CT molecular complexity index is 913. The third-order valence-electron chi connectivity index (χ3n) is 4.48. The number of anilines is 2. The molecule has 1 aromatic heterocycles. The molecule has 28 heavy (non-hydrogen) atoms. The molecule has 1 N–H and O–H groups in total. The number of carboxylic acid groups (broad SMARTS) is 1. The van der Waals surface area contributed by atoms with Crippen LogP contribution >= 0.6 is 0 Å². The number of carboxylic acids is 1. The van der Waals surface area contributed by atoms with Gasteiger partial charge in [-0.3, -0.25) is 0 Å². The van der Waals surface area contributed by atoms with Gasteiger partial charge in [-0.2, -0.15) is 0 Å². The lowest BCUT2D eigenvalue weighted by Crippen LogP contribution is -2.08. The van der Waals surface area contributed by atoms with Gasteiger partial charge in [0.05, 0.1) is 0 Å². The summed E-state index contributed by atoms with van der Waals surface area (Å²) < 4.78 is 6.01. The molecule has 0 radical (unpaired) electrons. The van der Waals surface area contributed by atoms with Crippen molar-refractivity contribution in [3.8, 4) is 22.5 Å². The molecule has 0 amide bonds. The van der Waals surface area contributed by atoms with E-state index in [1.807, 2.05) is 92.6 Å². The van der Waals surface area contributed by atoms with E-state index in [0.717, 1.165) is 34.1 Å². The fourth-order valence-electron chi connectivity index (χ4n) is 2.92. The minimum Gasteiger partial charge on any atom is -0.478 e. The fraction of sp³-hybridized carbons (Fsp3) is 0.174. The number of benzene rings is 2. The highest BCUT2D eigenvalue weighted by Crippen LogP contribution is 2.37. The Morgan fingerprint density at radius 1 is 0.857 bits per heavy atom. The van der Waals surface area contributed by atoms with Gasteiger partial charge in [-0.05, 0) is 54.1 Å². The number of rotatable bonds is 6. The van der Waals surface area contributed by atoms with Gasteiger partial charge in [-0.25, -0.2) is 4.79 Å². The average molecular weight is 376 g/mol. The molecule has 5 heteroatoms. The first kappa shape index (κ1) is 19.3. The van der Waals surface area contributed by atoms with Crippen LogP contribution in [0, 0.1) is 0 Å². The van der Waals surface area contributed by atoms with E-state index in [1.165, 1.54) is 6.08 Å². The van der Waals surface area contributed by atoms with Crippen molar-refractivity contribution < 1.29 is 14.3 Å². The third-order valence-corrected chi connectivity index (χ3v) is 4.48. The molecule has 0 aliphatic carbocycles. The second-order valence-corrected chi connectivity index (χ2v) is 6.95. The highest BCUT2D eigenvalue weighted by molar-refractivity contribution is 5.87. The van der Waals surface area contributed by atoms with Gasteiger partial charge in [0.15, 0.2) is 0 Å². The standard InChI is InChI=1S/C23H24N2O3/c1-24(2)18-9-5-16(6-10-18)21-15-20(13-14-22(26)27)28-23(21)17-7-11-19(12-8-17)25(3)4/h5-15H,1-4H3,(H,26,27)/b14-13+. The molecule has 0 fully saturated rings. The zero-order valence-corrected chi connectivity index (χ0v) is 16.5. The van der Waals surface area contributed by atoms with E-state index in [2.05, 4.69) is 0 Å². The van der Waals surface area contributed by atoms with E-state index in [-0.39, 0.29) is 0 Å². The van der Waals surface area contributed by atoms with Crippen LogP contribution < -0.4 is 9.80 Å². The molecule has 3 rings (SSSR count). The molecule has 0 bridgehead atoms. The average Bonchev–Trinajstić information content (AvgIpc) is 3.11. The molecule has 0 saturated heterocycles. The van der Waals surface area contributed by atoms with Crippen molar-refractivity contribution in [2.75, 3.05) is 38.0 Å². The molecule has 2 aromatic carbocycles. The van der Waals surface area contributed by atoms with Crippen LogP contribution in [0.15, 0.2) is 65.1 Å². The Labute approximate surface area is 165 Å². The second kappa shape index (κ2) is 8.05. The maximum Gasteiger partial charge on any atom is 0.328 e. The number of hydrogen-bond donors (Lipinski definition) is 1. The normalized spacial score (nSPS) is 11.0. The molecule has 5 nitrogen and oxygen atoms in total. The summed E-state index contributed by atoms with van der Waals surface area (Å²) in [6, 6.07) is 18.1. The maximum absolute atomic E-state index is 10.9. The SMILES string of the molecule is CN(C)c1ccc(-c2cc(/C=C/C(=O)O)oc2-c2ccc(N(C)C)cc2)cc1. The zero-order valence-electron chi connectivity index (χ0n) is 16.5. The van der Waals surface area contributed by atoms with Gasteiger partial charge in [-0.15, -0.1) is 0 Å². The van der Waals surface area contributed by atoms with E-state index in [1.54, 1.807) is 0 Å². The smallest absolute Gasteiger partial charge is 0.328 e. The molecule has 0 saturated carbocycles. The van der Waals surface area contributed by atoms with Crippen molar-refractivity contribution in [3.63, 3.8) is 0 Å². The van der Waals surface area contributed by atoms with Crippen molar-refractivity contribution in [2.45, 2.75) is 0 Å². The van der Waals surface area contributed by atoms with Crippen LogP contribution in [0.1, 0.15) is 5.76 Å². The van der Waals surface area contributed by atoms with Crippen molar-refractivity contribution >= 4 is 23.4 Å². The fourth-order valence-corrected chi connectivity index (χ4v) is 2.92. The first-order chi connectivity index (χ1) is 13.3. The summed E-state index contributed by atoms with van der Waals surface area (Å²) in [5, 5.41) is 8.91. The summed E-state index contributed by atoms with van der Waals surface area (Å²) in [6.45, 7) is 0. The number of furan rings is 1. The third kappa shape index (κ3) is 4.26. The predicted octanol–water partition coefficient (Wildman–Crippen LogP) is 4.84. The summed E-state index contributed by atoms with van der Waals surface area (Å²) in [7, 11) is 7.99. The Balaban J connectivity index is 2.07. The van der Waals surface area contributed by atoms with Crippen molar-refractivity contribution in [1.82, 2.24) is 0 Å². The number of aliphatic carboxylic acids is 1. The van der Waals surface area contributed by atoms with Gasteiger partial charge in [0.1, 0.15) is 11.5 Å². The van der Waals surface area contributed by atoms with E-state index in [9.17, 15) is 4.79 Å². The zero-order chi connectivity index (χ0) is 20.3. The van der Waals surface area contributed by atoms with E-state index in [0.29, 0.717) is 11.5 Å². The first-order valence-corrected chi connectivity index (χ1v) is 8.95. The summed E-state index contributed by atoms with van der Waals surface area (Å²) >= 11 is 0. The van der Waals surface area contributed by atoms with Gasteiger partial charge in [0.2, 0.25) is 0 Å². The molecule has 0 atom stereocenters. The highest BCUT2D eigenvalue weighted by atomic mass is 16.4. The van der Waals surface area contributed by atoms with Crippen LogP contribution in [0.4, 0.5) is 11.4 Å². The summed E-state index contributed by atoms with van der Waals surface area (Å²) in [5.41, 5.74) is 5.07. The minimum atomic E-state index is -1.01. The van der Waals surface area contributed by atoms with Gasteiger partial charge < -0.3 is 19.3 Å². The first-order valence-electron chi connectivity index (χ1n) is 8.95. The van der Waals surface area contributed by atoms with Crippen LogP contribution in [-0.2, 0) is 4.79 Å². The summed E-state index contributed by atoms with van der Waals surface area (Å²) in [5.74, 6) is 0.207. The quantitative estimate of drug-likeness (QED) is 0.624. The molecule has 0 aliphatic rings. The minimum absolute atomic E-state index is 0.501. The van der Waals surface area contributed by atoms with Crippen LogP contribution in [0.25, 0.3) is 28.5 Å². The lowest BCUT2D eigenvalue weighted by Gasteiger charge is -2.13. The van der Waals surface area contributed by atoms with Crippen LogP contribution in [0.5, 0.6) is 0 Å². The Kier molecular flexibility index (Phi) is 5.54. The molecule has 1 heterocycles. The monoisotopic (exact) mass is 376 g/mol. The second-order valence-electron chi connectivity index (χ2n) is 6.95. The van der Waals surface area contributed by atoms with E-state index >= 15 is 0 Å². The van der Waals surface area contributed by atoms with Crippen molar-refractivity contribution in [1.29, 1.82) is 0 Å². The van der Waals surface area contributed by atoms with Gasteiger partial charge in [-0.1, -0.05) is 12.1 Å². The van der Waals surface area contributed by atoms with Crippen LogP contribution in [0.3, 0.4) is 0 Å². The topological polar surface area (TPSA) is 56.9 Å².